The zero-order valence-electron chi connectivity index (χ0n) is 13.4. The van der Waals surface area contributed by atoms with Crippen molar-refractivity contribution in [2.24, 2.45) is 0 Å². The molecule has 0 saturated carbocycles. The van der Waals surface area contributed by atoms with E-state index in [0.29, 0.717) is 17.1 Å². The number of halogens is 1. The standard InChI is InChI=1S/C18H20ClN3O2/c1-13(22-14-7-3-2-4-8-14)11-20-17(23)12-21-18(24)15-9-5-6-10-16(15)19/h2-10,13,22H,11-12H2,1H3,(H,20,23)(H,21,24)/t13-/m1/s1. The van der Waals surface area contributed by atoms with E-state index < -0.39 is 0 Å². The van der Waals surface area contributed by atoms with Gasteiger partial charge in [-0.25, -0.2) is 0 Å². The quantitative estimate of drug-likeness (QED) is 0.722. The van der Waals surface area contributed by atoms with Crippen molar-refractivity contribution >= 4 is 29.1 Å². The van der Waals surface area contributed by atoms with Gasteiger partial charge in [0.15, 0.2) is 0 Å². The summed E-state index contributed by atoms with van der Waals surface area (Å²) in [5.74, 6) is -0.622. The number of rotatable bonds is 7. The van der Waals surface area contributed by atoms with E-state index in [1.807, 2.05) is 37.3 Å². The summed E-state index contributed by atoms with van der Waals surface area (Å²) in [6, 6.07) is 16.5. The summed E-state index contributed by atoms with van der Waals surface area (Å²) in [5.41, 5.74) is 1.34. The maximum Gasteiger partial charge on any atom is 0.253 e. The number of para-hydroxylation sites is 1. The summed E-state index contributed by atoms with van der Waals surface area (Å²) < 4.78 is 0. The van der Waals surface area contributed by atoms with Crippen LogP contribution in [0.5, 0.6) is 0 Å². The molecule has 0 fully saturated rings. The van der Waals surface area contributed by atoms with Crippen molar-refractivity contribution in [3.05, 3.63) is 65.2 Å². The Morgan fingerprint density at radius 2 is 1.67 bits per heavy atom. The van der Waals surface area contributed by atoms with Crippen LogP contribution in [0.2, 0.25) is 5.02 Å². The molecule has 3 N–H and O–H groups in total. The summed E-state index contributed by atoms with van der Waals surface area (Å²) in [4.78, 5) is 23.8. The molecule has 2 rings (SSSR count). The van der Waals surface area contributed by atoms with Gasteiger partial charge in [0.1, 0.15) is 0 Å². The third-order valence-corrected chi connectivity index (χ3v) is 3.65. The lowest BCUT2D eigenvalue weighted by Gasteiger charge is -2.16. The highest BCUT2D eigenvalue weighted by atomic mass is 35.5. The molecule has 0 spiro atoms. The number of carbonyl (C=O) groups excluding carboxylic acids is 2. The smallest absolute Gasteiger partial charge is 0.253 e. The van der Waals surface area contributed by atoms with E-state index in [0.717, 1.165) is 5.69 Å². The number of hydrogen-bond donors (Lipinski definition) is 3. The molecule has 0 bridgehead atoms. The van der Waals surface area contributed by atoms with Crippen molar-refractivity contribution in [3.63, 3.8) is 0 Å². The van der Waals surface area contributed by atoms with Crippen LogP contribution in [0, 0.1) is 0 Å². The second-order valence-corrected chi connectivity index (χ2v) is 5.79. The van der Waals surface area contributed by atoms with Crippen LogP contribution in [0.4, 0.5) is 5.69 Å². The third kappa shape index (κ3) is 5.59. The Hall–Kier alpha value is -2.53. The highest BCUT2D eigenvalue weighted by molar-refractivity contribution is 6.33. The first-order chi connectivity index (χ1) is 11.6. The van der Waals surface area contributed by atoms with Gasteiger partial charge in [0.2, 0.25) is 5.91 Å². The van der Waals surface area contributed by atoms with Crippen molar-refractivity contribution in [1.82, 2.24) is 10.6 Å². The van der Waals surface area contributed by atoms with Crippen LogP contribution >= 0.6 is 11.6 Å². The predicted octanol–water partition coefficient (Wildman–Crippen LogP) is 2.69. The first kappa shape index (κ1) is 17.8. The topological polar surface area (TPSA) is 70.2 Å². The summed E-state index contributed by atoms with van der Waals surface area (Å²) in [6.07, 6.45) is 0. The first-order valence-corrected chi connectivity index (χ1v) is 8.05. The van der Waals surface area contributed by atoms with Gasteiger partial charge in [-0.1, -0.05) is 41.9 Å². The van der Waals surface area contributed by atoms with Gasteiger partial charge in [-0.2, -0.15) is 0 Å². The van der Waals surface area contributed by atoms with Crippen molar-refractivity contribution in [2.45, 2.75) is 13.0 Å². The van der Waals surface area contributed by atoms with Crippen LogP contribution < -0.4 is 16.0 Å². The van der Waals surface area contributed by atoms with Gasteiger partial charge < -0.3 is 16.0 Å². The fraction of sp³-hybridized carbons (Fsp3) is 0.222. The minimum atomic E-state index is -0.369. The molecule has 5 nitrogen and oxygen atoms in total. The average Bonchev–Trinajstić information content (AvgIpc) is 2.59. The first-order valence-electron chi connectivity index (χ1n) is 7.67. The van der Waals surface area contributed by atoms with Crippen LogP contribution in [-0.2, 0) is 4.79 Å². The van der Waals surface area contributed by atoms with Crippen LogP contribution in [0.3, 0.4) is 0 Å². The molecular weight excluding hydrogens is 326 g/mol. The fourth-order valence-electron chi connectivity index (χ4n) is 2.10. The largest absolute Gasteiger partial charge is 0.381 e. The molecule has 0 heterocycles. The van der Waals surface area contributed by atoms with E-state index in [1.165, 1.54) is 0 Å². The Bertz CT molecular complexity index is 692. The van der Waals surface area contributed by atoms with E-state index in [4.69, 9.17) is 11.6 Å². The number of amides is 2. The van der Waals surface area contributed by atoms with Crippen LogP contribution in [0.25, 0.3) is 0 Å². The Morgan fingerprint density at radius 1 is 1.00 bits per heavy atom. The molecular formula is C18H20ClN3O2. The van der Waals surface area contributed by atoms with Crippen molar-refractivity contribution in [3.8, 4) is 0 Å². The van der Waals surface area contributed by atoms with E-state index >= 15 is 0 Å². The van der Waals surface area contributed by atoms with Gasteiger partial charge in [-0.05, 0) is 31.2 Å². The second kappa shape index (κ2) is 8.93. The van der Waals surface area contributed by atoms with Crippen molar-refractivity contribution < 1.29 is 9.59 Å². The molecule has 6 heteroatoms. The summed E-state index contributed by atoms with van der Waals surface area (Å²) in [7, 11) is 0. The highest BCUT2D eigenvalue weighted by Crippen LogP contribution is 2.14. The Kier molecular flexibility index (Phi) is 6.63. The van der Waals surface area contributed by atoms with E-state index in [9.17, 15) is 9.59 Å². The van der Waals surface area contributed by atoms with Crippen LogP contribution in [0.1, 0.15) is 17.3 Å². The molecule has 0 aromatic heterocycles. The zero-order valence-corrected chi connectivity index (χ0v) is 14.1. The average molecular weight is 346 g/mol. The summed E-state index contributed by atoms with van der Waals surface area (Å²) >= 11 is 5.94. The molecule has 2 amide bonds. The molecule has 1 atom stereocenters. The van der Waals surface area contributed by atoms with Gasteiger partial charge in [-0.3, -0.25) is 9.59 Å². The third-order valence-electron chi connectivity index (χ3n) is 3.32. The Labute approximate surface area is 146 Å². The minimum Gasteiger partial charge on any atom is -0.381 e. The lowest BCUT2D eigenvalue weighted by molar-refractivity contribution is -0.120. The number of hydrogen-bond acceptors (Lipinski definition) is 3. The van der Waals surface area contributed by atoms with Gasteiger partial charge in [-0.15, -0.1) is 0 Å². The zero-order chi connectivity index (χ0) is 17.4. The molecule has 2 aromatic rings. The van der Waals surface area contributed by atoms with E-state index in [-0.39, 0.29) is 24.4 Å². The van der Waals surface area contributed by atoms with Crippen LogP contribution in [-0.4, -0.2) is 30.9 Å². The fourth-order valence-corrected chi connectivity index (χ4v) is 2.32. The van der Waals surface area contributed by atoms with Gasteiger partial charge in [0, 0.05) is 18.3 Å². The van der Waals surface area contributed by atoms with Gasteiger partial charge in [0.25, 0.3) is 5.91 Å². The molecule has 0 aliphatic carbocycles. The van der Waals surface area contributed by atoms with Gasteiger partial charge >= 0.3 is 0 Å². The lowest BCUT2D eigenvalue weighted by Crippen LogP contribution is -2.41. The molecule has 126 valence electrons. The van der Waals surface area contributed by atoms with E-state index in [2.05, 4.69) is 16.0 Å². The molecule has 2 aromatic carbocycles. The Balaban J connectivity index is 1.71. The summed E-state index contributed by atoms with van der Waals surface area (Å²) in [6.45, 7) is 2.33. The lowest BCUT2D eigenvalue weighted by atomic mass is 10.2. The SMILES string of the molecule is C[C@H](CNC(=O)CNC(=O)c1ccccc1Cl)Nc1ccccc1. The normalized spacial score (nSPS) is 11.4. The minimum absolute atomic E-state index is 0.0654. The second-order valence-electron chi connectivity index (χ2n) is 5.38. The maximum absolute atomic E-state index is 12.0. The molecule has 0 saturated heterocycles. The van der Waals surface area contributed by atoms with Crippen molar-refractivity contribution in [2.75, 3.05) is 18.4 Å². The number of nitrogens with one attached hydrogen (secondary N) is 3. The number of carbonyl (C=O) groups is 2. The maximum atomic E-state index is 12.0. The molecule has 0 aliphatic heterocycles. The molecule has 24 heavy (non-hydrogen) atoms. The number of anilines is 1. The van der Waals surface area contributed by atoms with Crippen molar-refractivity contribution in [1.29, 1.82) is 0 Å². The Morgan fingerprint density at radius 3 is 2.38 bits per heavy atom. The summed E-state index contributed by atoms with van der Waals surface area (Å²) in [5, 5.41) is 8.97. The van der Waals surface area contributed by atoms with Crippen LogP contribution in [0.15, 0.2) is 54.6 Å². The molecule has 0 radical (unpaired) electrons. The number of benzene rings is 2. The molecule has 0 aliphatic rings. The monoisotopic (exact) mass is 345 g/mol. The van der Waals surface area contributed by atoms with Gasteiger partial charge in [0.05, 0.1) is 17.1 Å². The van der Waals surface area contributed by atoms with E-state index in [1.54, 1.807) is 24.3 Å². The predicted molar refractivity (Wildman–Crippen MR) is 96.3 cm³/mol. The molecule has 0 unspecified atom stereocenters. The highest BCUT2D eigenvalue weighted by Gasteiger charge is 2.11.